The molecule has 0 radical (unpaired) electrons. The standard InChI is InChI=1S/C19H16F2N2O2/c20-14-6-7-15(16(21)10-14)17-12-23-19(25-17)9-8-18(24)22-11-13-4-2-1-3-5-13/h1-7,10,12H,8-9,11H2,(H,22,24). The molecule has 2 aromatic carbocycles. The molecule has 0 aliphatic rings. The molecule has 0 aliphatic carbocycles. The van der Waals surface area contributed by atoms with E-state index in [0.29, 0.717) is 18.9 Å². The number of nitrogens with one attached hydrogen (secondary N) is 1. The molecule has 25 heavy (non-hydrogen) atoms. The van der Waals surface area contributed by atoms with Gasteiger partial charge in [-0.1, -0.05) is 30.3 Å². The number of nitrogens with zero attached hydrogens (tertiary/aromatic N) is 1. The lowest BCUT2D eigenvalue weighted by Crippen LogP contribution is -2.22. The Morgan fingerprint density at radius 2 is 1.92 bits per heavy atom. The Labute approximate surface area is 143 Å². The highest BCUT2D eigenvalue weighted by Gasteiger charge is 2.13. The van der Waals surface area contributed by atoms with Gasteiger partial charge in [0.05, 0.1) is 11.8 Å². The summed E-state index contributed by atoms with van der Waals surface area (Å²) in [6.07, 6.45) is 1.87. The summed E-state index contributed by atoms with van der Waals surface area (Å²) in [7, 11) is 0. The summed E-state index contributed by atoms with van der Waals surface area (Å²) in [5.74, 6) is -0.971. The van der Waals surface area contributed by atoms with Gasteiger partial charge in [-0.2, -0.15) is 0 Å². The number of halogens is 2. The fourth-order valence-corrected chi connectivity index (χ4v) is 2.35. The molecular weight excluding hydrogens is 326 g/mol. The Morgan fingerprint density at radius 3 is 2.68 bits per heavy atom. The smallest absolute Gasteiger partial charge is 0.220 e. The van der Waals surface area contributed by atoms with Gasteiger partial charge in [-0.3, -0.25) is 4.79 Å². The van der Waals surface area contributed by atoms with Crippen LogP contribution in [0.25, 0.3) is 11.3 Å². The normalized spacial score (nSPS) is 10.6. The van der Waals surface area contributed by atoms with Crippen LogP contribution in [-0.4, -0.2) is 10.9 Å². The summed E-state index contributed by atoms with van der Waals surface area (Å²) in [4.78, 5) is 15.9. The lowest BCUT2D eigenvalue weighted by molar-refractivity contribution is -0.121. The van der Waals surface area contributed by atoms with Crippen LogP contribution in [0.3, 0.4) is 0 Å². The number of hydrogen-bond donors (Lipinski definition) is 1. The number of benzene rings is 2. The number of hydrogen-bond acceptors (Lipinski definition) is 3. The van der Waals surface area contributed by atoms with Crippen molar-refractivity contribution in [2.24, 2.45) is 0 Å². The van der Waals surface area contributed by atoms with Crippen molar-refractivity contribution in [3.8, 4) is 11.3 Å². The molecule has 4 nitrogen and oxygen atoms in total. The first-order valence-electron chi connectivity index (χ1n) is 7.82. The van der Waals surface area contributed by atoms with Gasteiger partial charge in [0.15, 0.2) is 11.7 Å². The minimum atomic E-state index is -0.719. The number of rotatable bonds is 6. The van der Waals surface area contributed by atoms with E-state index >= 15 is 0 Å². The lowest BCUT2D eigenvalue weighted by Gasteiger charge is -2.04. The Hall–Kier alpha value is -3.02. The van der Waals surface area contributed by atoms with E-state index in [1.165, 1.54) is 12.3 Å². The summed E-state index contributed by atoms with van der Waals surface area (Å²) in [5.41, 5.74) is 1.15. The average molecular weight is 342 g/mol. The molecule has 3 rings (SSSR count). The van der Waals surface area contributed by atoms with Crippen molar-refractivity contribution < 1.29 is 18.0 Å². The van der Waals surface area contributed by atoms with E-state index in [1.807, 2.05) is 30.3 Å². The molecule has 1 heterocycles. The molecule has 0 atom stereocenters. The molecule has 0 unspecified atom stereocenters. The third kappa shape index (κ3) is 4.50. The highest BCUT2D eigenvalue weighted by atomic mass is 19.1. The zero-order chi connectivity index (χ0) is 17.6. The van der Waals surface area contributed by atoms with Gasteiger partial charge >= 0.3 is 0 Å². The van der Waals surface area contributed by atoms with Crippen LogP contribution in [0.5, 0.6) is 0 Å². The third-order valence-electron chi connectivity index (χ3n) is 3.65. The summed E-state index contributed by atoms with van der Waals surface area (Å²) >= 11 is 0. The Bertz CT molecular complexity index is 863. The Balaban J connectivity index is 1.54. The van der Waals surface area contributed by atoms with E-state index in [-0.39, 0.29) is 23.7 Å². The third-order valence-corrected chi connectivity index (χ3v) is 3.65. The van der Waals surface area contributed by atoms with Crippen LogP contribution in [0.1, 0.15) is 17.9 Å². The topological polar surface area (TPSA) is 55.1 Å². The number of aryl methyl sites for hydroxylation is 1. The number of amides is 1. The molecule has 0 saturated heterocycles. The van der Waals surface area contributed by atoms with Crippen LogP contribution in [0.2, 0.25) is 0 Å². The molecule has 0 bridgehead atoms. The highest BCUT2D eigenvalue weighted by molar-refractivity contribution is 5.76. The summed E-state index contributed by atoms with van der Waals surface area (Å²) in [6.45, 7) is 0.456. The number of oxazole rings is 1. The van der Waals surface area contributed by atoms with Gasteiger partial charge in [0.2, 0.25) is 5.91 Å². The first-order chi connectivity index (χ1) is 12.1. The molecule has 1 N–H and O–H groups in total. The fraction of sp³-hybridized carbons (Fsp3) is 0.158. The van der Waals surface area contributed by atoms with Gasteiger partial charge in [0.1, 0.15) is 11.6 Å². The number of carbonyl (C=O) groups is 1. The maximum Gasteiger partial charge on any atom is 0.220 e. The lowest BCUT2D eigenvalue weighted by atomic mass is 10.2. The van der Waals surface area contributed by atoms with E-state index < -0.39 is 11.6 Å². The van der Waals surface area contributed by atoms with E-state index in [1.54, 1.807) is 0 Å². The van der Waals surface area contributed by atoms with Crippen LogP contribution in [-0.2, 0) is 17.8 Å². The van der Waals surface area contributed by atoms with Crippen LogP contribution in [0.4, 0.5) is 8.78 Å². The maximum absolute atomic E-state index is 13.7. The van der Waals surface area contributed by atoms with Gasteiger partial charge in [0.25, 0.3) is 0 Å². The van der Waals surface area contributed by atoms with Gasteiger partial charge < -0.3 is 9.73 Å². The number of aromatic nitrogens is 1. The molecule has 0 aliphatic heterocycles. The van der Waals surface area contributed by atoms with Crippen molar-refractivity contribution in [3.05, 3.63) is 77.8 Å². The minimum absolute atomic E-state index is 0.128. The van der Waals surface area contributed by atoms with Crippen LogP contribution in [0, 0.1) is 11.6 Å². The summed E-state index contributed by atoms with van der Waals surface area (Å²) in [5, 5.41) is 2.81. The molecule has 0 spiro atoms. The zero-order valence-electron chi connectivity index (χ0n) is 13.3. The predicted molar refractivity (Wildman–Crippen MR) is 88.5 cm³/mol. The number of carbonyl (C=O) groups excluding carboxylic acids is 1. The van der Waals surface area contributed by atoms with E-state index in [0.717, 1.165) is 17.7 Å². The van der Waals surface area contributed by atoms with Crippen molar-refractivity contribution in [2.75, 3.05) is 0 Å². The Kier molecular flexibility index (Phi) is 5.18. The van der Waals surface area contributed by atoms with Gasteiger partial charge in [-0.05, 0) is 17.7 Å². The Morgan fingerprint density at radius 1 is 1.12 bits per heavy atom. The molecule has 3 aromatic rings. The highest BCUT2D eigenvalue weighted by Crippen LogP contribution is 2.24. The average Bonchev–Trinajstić information content (AvgIpc) is 3.08. The molecule has 1 aromatic heterocycles. The molecule has 128 valence electrons. The fourth-order valence-electron chi connectivity index (χ4n) is 2.35. The maximum atomic E-state index is 13.7. The van der Waals surface area contributed by atoms with E-state index in [4.69, 9.17) is 4.42 Å². The van der Waals surface area contributed by atoms with Crippen molar-refractivity contribution >= 4 is 5.91 Å². The quantitative estimate of drug-likeness (QED) is 0.740. The zero-order valence-corrected chi connectivity index (χ0v) is 13.3. The predicted octanol–water partition coefficient (Wildman–Crippen LogP) is 3.87. The molecule has 6 heteroatoms. The van der Waals surface area contributed by atoms with Crippen molar-refractivity contribution in [2.45, 2.75) is 19.4 Å². The largest absolute Gasteiger partial charge is 0.441 e. The van der Waals surface area contributed by atoms with E-state index in [2.05, 4.69) is 10.3 Å². The second-order valence-corrected chi connectivity index (χ2v) is 5.50. The van der Waals surface area contributed by atoms with Crippen LogP contribution >= 0.6 is 0 Å². The molecular formula is C19H16F2N2O2. The monoisotopic (exact) mass is 342 g/mol. The van der Waals surface area contributed by atoms with Crippen LogP contribution < -0.4 is 5.32 Å². The molecule has 0 fully saturated rings. The summed E-state index contributed by atoms with van der Waals surface area (Å²) in [6, 6.07) is 12.8. The van der Waals surface area contributed by atoms with Gasteiger partial charge in [0, 0.05) is 25.5 Å². The minimum Gasteiger partial charge on any atom is -0.441 e. The van der Waals surface area contributed by atoms with Crippen molar-refractivity contribution in [1.29, 1.82) is 0 Å². The molecule has 0 saturated carbocycles. The van der Waals surface area contributed by atoms with Gasteiger partial charge in [-0.15, -0.1) is 0 Å². The second-order valence-electron chi connectivity index (χ2n) is 5.50. The first kappa shape index (κ1) is 16.8. The van der Waals surface area contributed by atoms with Crippen molar-refractivity contribution in [3.63, 3.8) is 0 Å². The summed E-state index contributed by atoms with van der Waals surface area (Å²) < 4.78 is 32.1. The SMILES string of the molecule is O=C(CCc1ncc(-c2ccc(F)cc2F)o1)NCc1ccccc1. The van der Waals surface area contributed by atoms with E-state index in [9.17, 15) is 13.6 Å². The first-order valence-corrected chi connectivity index (χ1v) is 7.82. The van der Waals surface area contributed by atoms with Crippen LogP contribution in [0.15, 0.2) is 59.1 Å². The second kappa shape index (κ2) is 7.70. The van der Waals surface area contributed by atoms with Crippen molar-refractivity contribution in [1.82, 2.24) is 10.3 Å². The molecule has 1 amide bonds. The van der Waals surface area contributed by atoms with Gasteiger partial charge in [-0.25, -0.2) is 13.8 Å².